The standard InChI is InChI=1S/C20H25N3O3/c1-5-26-17-8-6-7-16(20(17)25)11-22-23-18(24)12-21-19-14(3)9-13(2)10-15(19)4/h6-11,21,25H,5,12H2,1-4H3,(H,23,24)/b22-11+. The molecule has 0 unspecified atom stereocenters. The van der Waals surface area contributed by atoms with Gasteiger partial charge in [0.1, 0.15) is 0 Å². The fourth-order valence-corrected chi connectivity index (χ4v) is 2.76. The van der Waals surface area contributed by atoms with Gasteiger partial charge in [-0.3, -0.25) is 4.79 Å². The SMILES string of the molecule is CCOc1cccc(/C=N/NC(=O)CNc2c(C)cc(C)cc2C)c1O. The minimum absolute atomic E-state index is 0.00335. The maximum absolute atomic E-state index is 12.0. The van der Waals surface area contributed by atoms with Gasteiger partial charge in [0.15, 0.2) is 11.5 Å². The Morgan fingerprint density at radius 1 is 1.23 bits per heavy atom. The van der Waals surface area contributed by atoms with Crippen molar-refractivity contribution in [2.45, 2.75) is 27.7 Å². The summed E-state index contributed by atoms with van der Waals surface area (Å²) in [5.41, 5.74) is 7.25. The van der Waals surface area contributed by atoms with Crippen LogP contribution in [0.15, 0.2) is 35.4 Å². The lowest BCUT2D eigenvalue weighted by Crippen LogP contribution is -2.26. The predicted molar refractivity (Wildman–Crippen MR) is 104 cm³/mol. The lowest BCUT2D eigenvalue weighted by atomic mass is 10.1. The number of hydrazone groups is 1. The molecular weight excluding hydrogens is 330 g/mol. The summed E-state index contributed by atoms with van der Waals surface area (Å²) in [6, 6.07) is 9.24. The first kappa shape index (κ1) is 19.3. The van der Waals surface area contributed by atoms with Crippen LogP contribution < -0.4 is 15.5 Å². The summed E-state index contributed by atoms with van der Waals surface area (Å²) >= 11 is 0. The maximum Gasteiger partial charge on any atom is 0.259 e. The van der Waals surface area contributed by atoms with Crippen molar-refractivity contribution in [3.05, 3.63) is 52.6 Å². The number of nitrogens with zero attached hydrogens (tertiary/aromatic N) is 1. The van der Waals surface area contributed by atoms with Gasteiger partial charge >= 0.3 is 0 Å². The molecule has 0 aromatic heterocycles. The Bertz CT molecular complexity index is 793. The van der Waals surface area contributed by atoms with E-state index in [1.807, 2.05) is 27.7 Å². The van der Waals surface area contributed by atoms with Crippen LogP contribution in [0.25, 0.3) is 0 Å². The van der Waals surface area contributed by atoms with Crippen LogP contribution in [0, 0.1) is 20.8 Å². The van der Waals surface area contributed by atoms with Crippen molar-refractivity contribution in [2.24, 2.45) is 5.10 Å². The van der Waals surface area contributed by atoms with Crippen LogP contribution in [-0.2, 0) is 4.79 Å². The molecule has 0 heterocycles. The van der Waals surface area contributed by atoms with Crippen LogP contribution in [-0.4, -0.2) is 30.4 Å². The van der Waals surface area contributed by atoms with E-state index in [0.717, 1.165) is 16.8 Å². The Morgan fingerprint density at radius 2 is 1.92 bits per heavy atom. The molecule has 0 spiro atoms. The molecule has 0 saturated heterocycles. The molecule has 6 heteroatoms. The quantitative estimate of drug-likeness (QED) is 0.526. The largest absolute Gasteiger partial charge is 0.504 e. The Balaban J connectivity index is 1.93. The number of benzene rings is 2. The molecular formula is C20H25N3O3. The van der Waals surface area contributed by atoms with Gasteiger partial charge in [0, 0.05) is 11.3 Å². The number of carbonyl (C=O) groups is 1. The molecule has 3 N–H and O–H groups in total. The number of amides is 1. The molecule has 0 radical (unpaired) electrons. The van der Waals surface area contributed by atoms with E-state index in [4.69, 9.17) is 4.74 Å². The molecule has 2 aromatic rings. The number of aromatic hydroxyl groups is 1. The van der Waals surface area contributed by atoms with Crippen molar-refractivity contribution in [3.8, 4) is 11.5 Å². The summed E-state index contributed by atoms with van der Waals surface area (Å²) in [6.07, 6.45) is 1.39. The average Bonchev–Trinajstić information content (AvgIpc) is 2.57. The first-order valence-electron chi connectivity index (χ1n) is 8.50. The van der Waals surface area contributed by atoms with Crippen molar-refractivity contribution in [1.29, 1.82) is 0 Å². The second-order valence-electron chi connectivity index (χ2n) is 6.05. The number of phenolic OH excluding ortho intramolecular Hbond substituents is 1. The Kier molecular flexibility index (Phi) is 6.60. The molecule has 0 aliphatic heterocycles. The van der Waals surface area contributed by atoms with Gasteiger partial charge in [0.2, 0.25) is 0 Å². The van der Waals surface area contributed by atoms with Crippen LogP contribution in [0.3, 0.4) is 0 Å². The van der Waals surface area contributed by atoms with Crippen molar-refractivity contribution in [1.82, 2.24) is 5.43 Å². The van der Waals surface area contributed by atoms with Crippen LogP contribution in [0.2, 0.25) is 0 Å². The summed E-state index contributed by atoms with van der Waals surface area (Å²) in [7, 11) is 0. The van der Waals surface area contributed by atoms with E-state index in [9.17, 15) is 9.90 Å². The Morgan fingerprint density at radius 3 is 2.58 bits per heavy atom. The van der Waals surface area contributed by atoms with E-state index in [1.165, 1.54) is 11.8 Å². The van der Waals surface area contributed by atoms with E-state index in [-0.39, 0.29) is 18.2 Å². The zero-order valence-electron chi connectivity index (χ0n) is 15.6. The molecule has 0 fully saturated rings. The van der Waals surface area contributed by atoms with Crippen LogP contribution in [0.5, 0.6) is 11.5 Å². The van der Waals surface area contributed by atoms with Crippen LogP contribution in [0.1, 0.15) is 29.2 Å². The Labute approximate surface area is 153 Å². The van der Waals surface area contributed by atoms with Crippen molar-refractivity contribution in [3.63, 3.8) is 0 Å². The lowest BCUT2D eigenvalue weighted by molar-refractivity contribution is -0.119. The molecule has 138 valence electrons. The molecule has 0 saturated carbocycles. The van der Waals surface area contributed by atoms with E-state index in [0.29, 0.717) is 17.9 Å². The number of para-hydroxylation sites is 1. The lowest BCUT2D eigenvalue weighted by Gasteiger charge is -2.13. The molecule has 0 aliphatic carbocycles. The molecule has 0 bridgehead atoms. The molecule has 2 rings (SSSR count). The average molecular weight is 355 g/mol. The predicted octanol–water partition coefficient (Wildman–Crippen LogP) is 3.28. The first-order valence-corrected chi connectivity index (χ1v) is 8.50. The van der Waals surface area contributed by atoms with Gasteiger partial charge in [-0.2, -0.15) is 5.10 Å². The highest BCUT2D eigenvalue weighted by Crippen LogP contribution is 2.28. The monoisotopic (exact) mass is 355 g/mol. The van der Waals surface area contributed by atoms with Gasteiger partial charge in [0.05, 0.1) is 19.4 Å². The number of hydrogen-bond acceptors (Lipinski definition) is 5. The summed E-state index contributed by atoms with van der Waals surface area (Å²) in [4.78, 5) is 12.0. The molecule has 2 aromatic carbocycles. The van der Waals surface area contributed by atoms with Gasteiger partial charge in [-0.15, -0.1) is 0 Å². The number of hydrogen-bond donors (Lipinski definition) is 3. The minimum atomic E-state index is -0.277. The maximum atomic E-state index is 12.0. The highest BCUT2D eigenvalue weighted by molar-refractivity contribution is 5.87. The number of phenols is 1. The topological polar surface area (TPSA) is 83.0 Å². The third kappa shape index (κ3) is 4.99. The number of aryl methyl sites for hydroxylation is 3. The van der Waals surface area contributed by atoms with Crippen LogP contribution >= 0.6 is 0 Å². The molecule has 26 heavy (non-hydrogen) atoms. The molecule has 1 amide bonds. The summed E-state index contributed by atoms with van der Waals surface area (Å²) in [5.74, 6) is 0.104. The van der Waals surface area contributed by atoms with Gasteiger partial charge in [-0.25, -0.2) is 5.43 Å². The normalized spacial score (nSPS) is 10.8. The minimum Gasteiger partial charge on any atom is -0.504 e. The molecule has 6 nitrogen and oxygen atoms in total. The first-order chi connectivity index (χ1) is 12.4. The number of anilines is 1. The van der Waals surface area contributed by atoms with Gasteiger partial charge in [-0.05, 0) is 51.0 Å². The van der Waals surface area contributed by atoms with Gasteiger partial charge < -0.3 is 15.2 Å². The highest BCUT2D eigenvalue weighted by atomic mass is 16.5. The highest BCUT2D eigenvalue weighted by Gasteiger charge is 2.07. The summed E-state index contributed by atoms with van der Waals surface area (Å²) in [5, 5.41) is 17.1. The number of ether oxygens (including phenoxy) is 1. The zero-order valence-corrected chi connectivity index (χ0v) is 15.6. The molecule has 0 atom stereocenters. The second-order valence-corrected chi connectivity index (χ2v) is 6.05. The van der Waals surface area contributed by atoms with E-state index < -0.39 is 0 Å². The number of carbonyl (C=O) groups excluding carboxylic acids is 1. The fourth-order valence-electron chi connectivity index (χ4n) is 2.76. The van der Waals surface area contributed by atoms with Gasteiger partial charge in [0.25, 0.3) is 5.91 Å². The van der Waals surface area contributed by atoms with Crippen molar-refractivity contribution < 1.29 is 14.6 Å². The smallest absolute Gasteiger partial charge is 0.259 e. The fraction of sp³-hybridized carbons (Fsp3) is 0.300. The van der Waals surface area contributed by atoms with E-state index in [1.54, 1.807) is 18.2 Å². The third-order valence-corrected chi connectivity index (χ3v) is 3.83. The third-order valence-electron chi connectivity index (χ3n) is 3.83. The molecule has 0 aliphatic rings. The van der Waals surface area contributed by atoms with Crippen molar-refractivity contribution >= 4 is 17.8 Å². The number of rotatable bonds is 7. The van der Waals surface area contributed by atoms with Crippen molar-refractivity contribution in [2.75, 3.05) is 18.5 Å². The Hall–Kier alpha value is -3.02. The van der Waals surface area contributed by atoms with Gasteiger partial charge in [-0.1, -0.05) is 23.8 Å². The summed E-state index contributed by atoms with van der Waals surface area (Å²) in [6.45, 7) is 8.45. The second kappa shape index (κ2) is 8.89. The van der Waals surface area contributed by atoms with Crippen LogP contribution in [0.4, 0.5) is 5.69 Å². The summed E-state index contributed by atoms with van der Waals surface area (Å²) < 4.78 is 5.31. The zero-order chi connectivity index (χ0) is 19.1. The van der Waals surface area contributed by atoms with E-state index >= 15 is 0 Å². The van der Waals surface area contributed by atoms with E-state index in [2.05, 4.69) is 28.0 Å². The number of nitrogens with one attached hydrogen (secondary N) is 2.